The zero-order valence-corrected chi connectivity index (χ0v) is 19.9. The summed E-state index contributed by atoms with van der Waals surface area (Å²) in [7, 11) is 1.95. The molecule has 36 heavy (non-hydrogen) atoms. The van der Waals surface area contributed by atoms with Gasteiger partial charge in [-0.15, -0.1) is 0 Å². The zero-order chi connectivity index (χ0) is 24.3. The zero-order valence-electron chi connectivity index (χ0n) is 19.9. The largest absolute Gasteiger partial charge is 0.388 e. The molecule has 1 heterocycles. The molecule has 6 rings (SSSR count). The molecule has 6 aromatic rings. The maximum atomic E-state index is 4.95. The summed E-state index contributed by atoms with van der Waals surface area (Å²) in [5.74, 6) is 1.98. The minimum atomic E-state index is 0.660. The topological polar surface area (TPSA) is 50.7 Å². The van der Waals surface area contributed by atoms with Crippen LogP contribution in [-0.4, -0.2) is 22.0 Å². The number of aromatic nitrogens is 3. The van der Waals surface area contributed by atoms with Crippen molar-refractivity contribution in [2.24, 2.45) is 0 Å². The average Bonchev–Trinajstić information content (AvgIpc) is 2.97. The van der Waals surface area contributed by atoms with Crippen LogP contribution in [0.25, 0.3) is 56.1 Å². The van der Waals surface area contributed by atoms with Crippen LogP contribution >= 0.6 is 0 Å². The standard InChI is InChI=1S/C32H24N4/c1-33-29-19-11-10-18-27(29)26-20-21-28(25-17-9-8-16-24(25)26)32-35-30(22-12-4-2-5-13-22)34-31(36-32)23-14-6-3-7-15-23/h2-21,33H,1H3. The number of benzene rings is 5. The molecule has 0 bridgehead atoms. The third-order valence-electron chi connectivity index (χ3n) is 6.35. The normalized spacial score (nSPS) is 10.9. The predicted molar refractivity (Wildman–Crippen MR) is 149 cm³/mol. The number of nitrogens with one attached hydrogen (secondary N) is 1. The summed E-state index contributed by atoms with van der Waals surface area (Å²) in [5, 5.41) is 5.58. The van der Waals surface area contributed by atoms with E-state index in [1.807, 2.05) is 73.8 Å². The predicted octanol–water partition coefficient (Wildman–Crippen LogP) is 7.73. The summed E-state index contributed by atoms with van der Waals surface area (Å²) < 4.78 is 0. The van der Waals surface area contributed by atoms with Crippen LogP contribution in [0, 0.1) is 0 Å². The lowest BCUT2D eigenvalue weighted by Gasteiger charge is -2.15. The van der Waals surface area contributed by atoms with Gasteiger partial charge < -0.3 is 5.32 Å². The second-order valence-electron chi connectivity index (χ2n) is 8.54. The molecule has 0 unspecified atom stereocenters. The maximum absolute atomic E-state index is 4.95. The van der Waals surface area contributed by atoms with Crippen molar-refractivity contribution in [2.75, 3.05) is 12.4 Å². The van der Waals surface area contributed by atoms with E-state index in [2.05, 4.69) is 59.9 Å². The molecule has 1 N–H and O–H groups in total. The van der Waals surface area contributed by atoms with Crippen LogP contribution in [0.1, 0.15) is 0 Å². The van der Waals surface area contributed by atoms with Crippen molar-refractivity contribution in [1.29, 1.82) is 0 Å². The molecule has 0 radical (unpaired) electrons. The summed E-state index contributed by atoms with van der Waals surface area (Å²) in [5.41, 5.74) is 6.32. The van der Waals surface area contributed by atoms with Crippen molar-refractivity contribution < 1.29 is 0 Å². The highest BCUT2D eigenvalue weighted by Gasteiger charge is 2.16. The maximum Gasteiger partial charge on any atom is 0.164 e. The number of para-hydroxylation sites is 1. The van der Waals surface area contributed by atoms with Crippen LogP contribution in [0.4, 0.5) is 5.69 Å². The minimum Gasteiger partial charge on any atom is -0.388 e. The van der Waals surface area contributed by atoms with E-state index in [1.165, 1.54) is 5.56 Å². The fourth-order valence-electron chi connectivity index (χ4n) is 4.59. The second kappa shape index (κ2) is 9.43. The van der Waals surface area contributed by atoms with Gasteiger partial charge in [-0.2, -0.15) is 0 Å². The Bertz CT molecular complexity index is 1600. The number of hydrogen-bond acceptors (Lipinski definition) is 4. The van der Waals surface area contributed by atoms with E-state index in [9.17, 15) is 0 Å². The molecule has 0 aliphatic rings. The summed E-state index contributed by atoms with van der Waals surface area (Å²) in [6.07, 6.45) is 0. The van der Waals surface area contributed by atoms with Gasteiger partial charge in [0.15, 0.2) is 17.5 Å². The Balaban J connectivity index is 1.59. The smallest absolute Gasteiger partial charge is 0.164 e. The van der Waals surface area contributed by atoms with Gasteiger partial charge in [0, 0.05) is 35.0 Å². The van der Waals surface area contributed by atoms with Gasteiger partial charge in [-0.05, 0) is 28.5 Å². The second-order valence-corrected chi connectivity index (χ2v) is 8.54. The molecule has 0 amide bonds. The van der Waals surface area contributed by atoms with Crippen molar-refractivity contribution in [1.82, 2.24) is 15.0 Å². The first kappa shape index (κ1) is 21.7. The van der Waals surface area contributed by atoms with E-state index < -0.39 is 0 Å². The molecule has 0 fully saturated rings. The van der Waals surface area contributed by atoms with E-state index in [1.54, 1.807) is 0 Å². The number of fused-ring (bicyclic) bond motifs is 1. The van der Waals surface area contributed by atoms with Crippen molar-refractivity contribution in [3.8, 4) is 45.3 Å². The molecule has 1 aromatic heterocycles. The third kappa shape index (κ3) is 3.99. The first-order valence-electron chi connectivity index (χ1n) is 12.0. The Morgan fingerprint density at radius 2 is 0.889 bits per heavy atom. The fraction of sp³-hybridized carbons (Fsp3) is 0.0312. The molecule has 0 saturated heterocycles. The van der Waals surface area contributed by atoms with Gasteiger partial charge in [-0.3, -0.25) is 0 Å². The summed E-state index contributed by atoms with van der Waals surface area (Å²) in [4.78, 5) is 14.7. The lowest BCUT2D eigenvalue weighted by molar-refractivity contribution is 1.08. The van der Waals surface area contributed by atoms with Crippen LogP contribution < -0.4 is 5.32 Å². The van der Waals surface area contributed by atoms with E-state index in [4.69, 9.17) is 15.0 Å². The average molecular weight is 465 g/mol. The van der Waals surface area contributed by atoms with Crippen molar-refractivity contribution in [3.63, 3.8) is 0 Å². The third-order valence-corrected chi connectivity index (χ3v) is 6.35. The van der Waals surface area contributed by atoms with Gasteiger partial charge in [0.05, 0.1) is 0 Å². The SMILES string of the molecule is CNc1ccccc1-c1ccc(-c2nc(-c3ccccc3)nc(-c3ccccc3)n2)c2ccccc12. The Kier molecular flexibility index (Phi) is 5.68. The van der Waals surface area contributed by atoms with Gasteiger partial charge in [0.2, 0.25) is 0 Å². The molecular weight excluding hydrogens is 440 g/mol. The van der Waals surface area contributed by atoms with E-state index in [-0.39, 0.29) is 0 Å². The highest BCUT2D eigenvalue weighted by Crippen LogP contribution is 2.38. The highest BCUT2D eigenvalue weighted by atomic mass is 15.0. The summed E-state index contributed by atoms with van der Waals surface area (Å²) >= 11 is 0. The van der Waals surface area contributed by atoms with Crippen molar-refractivity contribution in [2.45, 2.75) is 0 Å². The van der Waals surface area contributed by atoms with Crippen molar-refractivity contribution >= 4 is 16.5 Å². The first-order valence-corrected chi connectivity index (χ1v) is 12.0. The van der Waals surface area contributed by atoms with Gasteiger partial charge in [0.1, 0.15) is 0 Å². The molecular formula is C32H24N4. The number of nitrogens with zero attached hydrogens (tertiary/aromatic N) is 3. The molecule has 0 aliphatic heterocycles. The molecule has 4 heteroatoms. The van der Waals surface area contributed by atoms with Crippen LogP contribution in [0.3, 0.4) is 0 Å². The van der Waals surface area contributed by atoms with Gasteiger partial charge >= 0.3 is 0 Å². The molecule has 5 aromatic carbocycles. The first-order chi connectivity index (χ1) is 17.8. The highest BCUT2D eigenvalue weighted by molar-refractivity contribution is 6.05. The summed E-state index contributed by atoms with van der Waals surface area (Å²) in [6.45, 7) is 0. The molecule has 0 saturated carbocycles. The van der Waals surface area contributed by atoms with Crippen LogP contribution in [0.2, 0.25) is 0 Å². The minimum absolute atomic E-state index is 0.660. The molecule has 4 nitrogen and oxygen atoms in total. The fourth-order valence-corrected chi connectivity index (χ4v) is 4.59. The Hall–Kier alpha value is -4.83. The van der Waals surface area contributed by atoms with Gasteiger partial charge in [0.25, 0.3) is 0 Å². The Morgan fingerprint density at radius 3 is 1.50 bits per heavy atom. The monoisotopic (exact) mass is 464 g/mol. The molecule has 0 spiro atoms. The van der Waals surface area contributed by atoms with Crippen molar-refractivity contribution in [3.05, 3.63) is 121 Å². The lowest BCUT2D eigenvalue weighted by Crippen LogP contribution is -2.00. The lowest BCUT2D eigenvalue weighted by atomic mass is 9.93. The van der Waals surface area contributed by atoms with E-state index in [0.29, 0.717) is 17.5 Å². The van der Waals surface area contributed by atoms with Gasteiger partial charge in [-0.1, -0.05) is 109 Å². The summed E-state index contributed by atoms with van der Waals surface area (Å²) in [6, 6.07) is 41.3. The van der Waals surface area contributed by atoms with Crippen LogP contribution in [0.15, 0.2) is 121 Å². The van der Waals surface area contributed by atoms with Crippen LogP contribution in [-0.2, 0) is 0 Å². The molecule has 0 atom stereocenters. The Labute approximate surface area is 210 Å². The van der Waals surface area contributed by atoms with Crippen LogP contribution in [0.5, 0.6) is 0 Å². The number of rotatable bonds is 5. The number of hydrogen-bond donors (Lipinski definition) is 1. The number of anilines is 1. The van der Waals surface area contributed by atoms with Gasteiger partial charge in [-0.25, -0.2) is 15.0 Å². The Morgan fingerprint density at radius 1 is 0.417 bits per heavy atom. The molecule has 0 aliphatic carbocycles. The quantitative estimate of drug-likeness (QED) is 0.284. The molecule has 172 valence electrons. The van der Waals surface area contributed by atoms with E-state index in [0.717, 1.165) is 38.7 Å². The van der Waals surface area contributed by atoms with E-state index >= 15 is 0 Å².